The number of aromatic nitrogens is 3. The van der Waals surface area contributed by atoms with Crippen LogP contribution in [0.1, 0.15) is 5.01 Å². The highest BCUT2D eigenvalue weighted by Crippen LogP contribution is 2.35. The van der Waals surface area contributed by atoms with Crippen LogP contribution in [0.2, 0.25) is 0 Å². The molecular weight excluding hydrogens is 274 g/mol. The van der Waals surface area contributed by atoms with Crippen LogP contribution in [0.4, 0.5) is 0 Å². The lowest BCUT2D eigenvalue weighted by Gasteiger charge is -1.86. The zero-order valence-corrected chi connectivity index (χ0v) is 11.0. The first-order valence-electron chi connectivity index (χ1n) is 4.82. The van der Waals surface area contributed by atoms with Crippen molar-refractivity contribution in [1.82, 2.24) is 15.2 Å². The smallest absolute Gasteiger partial charge is 0.181 e. The summed E-state index contributed by atoms with van der Waals surface area (Å²) < 4.78 is 2.93. The molecule has 2 heterocycles. The molecule has 0 saturated carbocycles. The second kappa shape index (κ2) is 4.69. The van der Waals surface area contributed by atoms with Gasteiger partial charge in [-0.15, -0.1) is 21.5 Å². The van der Waals surface area contributed by atoms with Crippen molar-refractivity contribution in [3.05, 3.63) is 29.3 Å². The van der Waals surface area contributed by atoms with E-state index in [1.165, 1.54) is 27.8 Å². The summed E-state index contributed by atoms with van der Waals surface area (Å²) >= 11 is 4.52. The van der Waals surface area contributed by atoms with E-state index < -0.39 is 0 Å². The first-order valence-corrected chi connectivity index (χ1v) is 7.27. The summed E-state index contributed by atoms with van der Waals surface area (Å²) in [6, 6.07) is 8.03. The molecule has 1 aromatic carbocycles. The van der Waals surface area contributed by atoms with E-state index in [0.29, 0.717) is 5.01 Å². The number of fused-ring (bicyclic) bond motifs is 1. The minimum atomic E-state index is -0.0575. The highest BCUT2D eigenvalue weighted by Gasteiger charge is 2.09. The average Bonchev–Trinajstić information content (AvgIpc) is 2.94. The first-order chi connectivity index (χ1) is 8.35. The molecule has 0 saturated heterocycles. The number of thiazole rings is 1. The Balaban J connectivity index is 1.89. The minimum absolute atomic E-state index is 0.0575. The average molecular weight is 281 g/mol. The van der Waals surface area contributed by atoms with E-state index in [2.05, 4.69) is 21.2 Å². The fraction of sp³-hybridized carbons (Fsp3) is 0.100. The molecule has 0 atom stereocenters. The van der Waals surface area contributed by atoms with Gasteiger partial charge in [0.15, 0.2) is 8.68 Å². The molecule has 0 aliphatic carbocycles. The molecule has 0 spiro atoms. The van der Waals surface area contributed by atoms with Gasteiger partial charge in [-0.05, 0) is 23.9 Å². The Labute approximate surface area is 109 Å². The van der Waals surface area contributed by atoms with Crippen molar-refractivity contribution < 1.29 is 5.11 Å². The van der Waals surface area contributed by atoms with Gasteiger partial charge >= 0.3 is 0 Å². The third kappa shape index (κ3) is 2.32. The highest BCUT2D eigenvalue weighted by atomic mass is 32.2. The third-order valence-electron chi connectivity index (χ3n) is 2.03. The van der Waals surface area contributed by atoms with Crippen LogP contribution in [-0.2, 0) is 6.61 Å². The molecule has 0 amide bonds. The number of rotatable bonds is 3. The third-order valence-corrected chi connectivity index (χ3v) is 5.09. The van der Waals surface area contributed by atoms with E-state index >= 15 is 0 Å². The Kier molecular flexibility index (Phi) is 3.06. The number of aliphatic hydroxyl groups excluding tert-OH is 1. The lowest BCUT2D eigenvalue weighted by atomic mass is 10.3. The molecule has 0 aliphatic heterocycles. The molecule has 4 nitrogen and oxygen atoms in total. The Bertz CT molecular complexity index is 616. The maximum atomic E-state index is 8.92. The number of hydrogen-bond donors (Lipinski definition) is 1. The summed E-state index contributed by atoms with van der Waals surface area (Å²) in [5, 5.41) is 17.4. The number of para-hydroxylation sites is 1. The van der Waals surface area contributed by atoms with Gasteiger partial charge in [-0.2, -0.15) is 0 Å². The van der Waals surface area contributed by atoms with Gasteiger partial charge in [0.1, 0.15) is 5.01 Å². The van der Waals surface area contributed by atoms with Crippen molar-refractivity contribution in [2.45, 2.75) is 15.3 Å². The van der Waals surface area contributed by atoms with Crippen LogP contribution < -0.4 is 0 Å². The van der Waals surface area contributed by atoms with Gasteiger partial charge in [0.25, 0.3) is 0 Å². The van der Waals surface area contributed by atoms with E-state index in [4.69, 9.17) is 5.11 Å². The summed E-state index contributed by atoms with van der Waals surface area (Å²) in [6.45, 7) is -0.0575. The first kappa shape index (κ1) is 11.1. The fourth-order valence-electron chi connectivity index (χ4n) is 1.31. The maximum absolute atomic E-state index is 8.92. The Hall–Kier alpha value is -1.02. The fourth-order valence-corrected chi connectivity index (χ4v) is 4.34. The molecule has 0 bridgehead atoms. The van der Waals surface area contributed by atoms with E-state index in [0.717, 1.165) is 14.2 Å². The molecule has 0 aliphatic rings. The van der Waals surface area contributed by atoms with Crippen molar-refractivity contribution in [3.63, 3.8) is 0 Å². The van der Waals surface area contributed by atoms with E-state index in [-0.39, 0.29) is 6.61 Å². The van der Waals surface area contributed by atoms with Gasteiger partial charge in [-0.1, -0.05) is 23.5 Å². The summed E-state index contributed by atoms with van der Waals surface area (Å²) in [5.74, 6) is 0. The Morgan fingerprint density at radius 1 is 1.12 bits per heavy atom. The van der Waals surface area contributed by atoms with Crippen LogP contribution in [0.5, 0.6) is 0 Å². The number of aliphatic hydroxyl groups is 1. The monoisotopic (exact) mass is 281 g/mol. The van der Waals surface area contributed by atoms with E-state index in [9.17, 15) is 0 Å². The van der Waals surface area contributed by atoms with Crippen LogP contribution >= 0.6 is 34.4 Å². The van der Waals surface area contributed by atoms with Gasteiger partial charge in [0.2, 0.25) is 0 Å². The van der Waals surface area contributed by atoms with Crippen molar-refractivity contribution in [1.29, 1.82) is 0 Å². The second-order valence-electron chi connectivity index (χ2n) is 3.17. The molecule has 2 aromatic heterocycles. The summed E-state index contributed by atoms with van der Waals surface area (Å²) in [7, 11) is 0. The van der Waals surface area contributed by atoms with Crippen LogP contribution in [0.3, 0.4) is 0 Å². The molecule has 0 unspecified atom stereocenters. The lowest BCUT2D eigenvalue weighted by Crippen LogP contribution is -1.78. The van der Waals surface area contributed by atoms with E-state index in [1.54, 1.807) is 11.3 Å². The van der Waals surface area contributed by atoms with Gasteiger partial charge in [-0.25, -0.2) is 4.98 Å². The van der Waals surface area contributed by atoms with Crippen LogP contribution in [-0.4, -0.2) is 20.3 Å². The molecule has 1 N–H and O–H groups in total. The lowest BCUT2D eigenvalue weighted by molar-refractivity contribution is 0.280. The minimum Gasteiger partial charge on any atom is -0.389 e. The largest absolute Gasteiger partial charge is 0.389 e. The van der Waals surface area contributed by atoms with Crippen LogP contribution in [0.15, 0.2) is 32.9 Å². The standard InChI is InChI=1S/C10H7N3OS3/c14-5-8-12-13-10(16-8)17-9-11-6-3-1-2-4-7(6)15-9/h1-4,14H,5H2. The predicted octanol–water partition coefficient (Wildman–Crippen LogP) is 2.79. The molecule has 7 heteroatoms. The molecule has 86 valence electrons. The predicted molar refractivity (Wildman–Crippen MR) is 69.6 cm³/mol. The number of nitrogens with zero attached hydrogens (tertiary/aromatic N) is 3. The number of hydrogen-bond acceptors (Lipinski definition) is 7. The molecule has 3 rings (SSSR count). The van der Waals surface area contributed by atoms with Crippen molar-refractivity contribution in [2.24, 2.45) is 0 Å². The van der Waals surface area contributed by atoms with Crippen molar-refractivity contribution in [2.75, 3.05) is 0 Å². The van der Waals surface area contributed by atoms with Crippen molar-refractivity contribution >= 4 is 44.7 Å². The van der Waals surface area contributed by atoms with Crippen molar-refractivity contribution in [3.8, 4) is 0 Å². The van der Waals surface area contributed by atoms with Crippen LogP contribution in [0.25, 0.3) is 10.2 Å². The normalized spacial score (nSPS) is 11.1. The molecule has 0 radical (unpaired) electrons. The quantitative estimate of drug-likeness (QED) is 0.800. The van der Waals surface area contributed by atoms with E-state index in [1.807, 2.05) is 18.2 Å². The zero-order chi connectivity index (χ0) is 11.7. The van der Waals surface area contributed by atoms with Crippen LogP contribution in [0, 0.1) is 0 Å². The summed E-state index contributed by atoms with van der Waals surface area (Å²) in [6.07, 6.45) is 0. The molecule has 17 heavy (non-hydrogen) atoms. The second-order valence-corrected chi connectivity index (χ2v) is 6.76. The highest BCUT2D eigenvalue weighted by molar-refractivity contribution is 8.02. The molecule has 3 aromatic rings. The Morgan fingerprint density at radius 2 is 2.00 bits per heavy atom. The molecular formula is C10H7N3OS3. The zero-order valence-electron chi connectivity index (χ0n) is 8.53. The van der Waals surface area contributed by atoms with Gasteiger partial charge < -0.3 is 5.11 Å². The molecule has 0 fully saturated rings. The Morgan fingerprint density at radius 3 is 2.76 bits per heavy atom. The maximum Gasteiger partial charge on any atom is 0.181 e. The SMILES string of the molecule is OCc1nnc(Sc2nc3ccccc3s2)s1. The summed E-state index contributed by atoms with van der Waals surface area (Å²) in [4.78, 5) is 4.50. The van der Waals surface area contributed by atoms with Gasteiger partial charge in [0.05, 0.1) is 16.8 Å². The topological polar surface area (TPSA) is 58.9 Å². The summed E-state index contributed by atoms with van der Waals surface area (Å²) in [5.41, 5.74) is 1.01. The number of benzene rings is 1. The van der Waals surface area contributed by atoms with Gasteiger partial charge in [-0.3, -0.25) is 0 Å². The van der Waals surface area contributed by atoms with Gasteiger partial charge in [0, 0.05) is 0 Å².